The number of hydrogen-bond acceptors (Lipinski definition) is 4. The largest absolute Gasteiger partial charge is 0.381 e. The van der Waals surface area contributed by atoms with Crippen molar-refractivity contribution in [3.8, 4) is 0 Å². The van der Waals surface area contributed by atoms with E-state index in [1.54, 1.807) is 0 Å². The first kappa shape index (κ1) is 17.4. The standard InChI is InChI=1S/C19H28N2O3/c1-2-17(20-19(22)16-8-10-23-14-16)18-13-21(9-11-24-18)12-15-6-4-3-5-7-15/h3-7,16-18H,2,8-14H2,1H3,(H,20,22)/t16-,17+,18+/m1/s1. The molecule has 24 heavy (non-hydrogen) atoms. The summed E-state index contributed by atoms with van der Waals surface area (Å²) in [7, 11) is 0. The molecule has 1 aromatic carbocycles. The van der Waals surface area contributed by atoms with Crippen molar-refractivity contribution in [2.75, 3.05) is 32.9 Å². The summed E-state index contributed by atoms with van der Waals surface area (Å²) in [6.45, 7) is 6.79. The van der Waals surface area contributed by atoms with Crippen molar-refractivity contribution in [3.05, 3.63) is 35.9 Å². The third kappa shape index (κ3) is 4.56. The van der Waals surface area contributed by atoms with E-state index in [1.165, 1.54) is 5.56 Å². The molecule has 3 atom stereocenters. The Labute approximate surface area is 144 Å². The molecule has 5 nitrogen and oxygen atoms in total. The van der Waals surface area contributed by atoms with Crippen LogP contribution in [-0.4, -0.2) is 55.9 Å². The van der Waals surface area contributed by atoms with Crippen LogP contribution in [0.15, 0.2) is 30.3 Å². The van der Waals surface area contributed by atoms with Crippen LogP contribution in [0.5, 0.6) is 0 Å². The lowest BCUT2D eigenvalue weighted by molar-refractivity contribution is -0.128. The third-order valence-corrected chi connectivity index (χ3v) is 4.94. The Kier molecular flexibility index (Phi) is 6.24. The van der Waals surface area contributed by atoms with E-state index in [9.17, 15) is 4.79 Å². The molecule has 0 spiro atoms. The molecule has 2 aliphatic rings. The molecule has 0 aromatic heterocycles. The van der Waals surface area contributed by atoms with Gasteiger partial charge in [-0.1, -0.05) is 37.3 Å². The lowest BCUT2D eigenvalue weighted by Gasteiger charge is -2.37. The number of nitrogens with one attached hydrogen (secondary N) is 1. The lowest BCUT2D eigenvalue weighted by Crippen LogP contribution is -2.54. The second kappa shape index (κ2) is 8.60. The monoisotopic (exact) mass is 332 g/mol. The van der Waals surface area contributed by atoms with Gasteiger partial charge in [-0.15, -0.1) is 0 Å². The highest BCUT2D eigenvalue weighted by molar-refractivity contribution is 5.79. The van der Waals surface area contributed by atoms with Gasteiger partial charge in [0.25, 0.3) is 0 Å². The van der Waals surface area contributed by atoms with Crippen LogP contribution < -0.4 is 5.32 Å². The van der Waals surface area contributed by atoms with E-state index in [0.717, 1.165) is 39.1 Å². The van der Waals surface area contributed by atoms with E-state index in [-0.39, 0.29) is 24.0 Å². The quantitative estimate of drug-likeness (QED) is 0.863. The second-order valence-corrected chi connectivity index (χ2v) is 6.71. The Morgan fingerprint density at radius 2 is 2.17 bits per heavy atom. The van der Waals surface area contributed by atoms with Crippen LogP contribution in [0.2, 0.25) is 0 Å². The van der Waals surface area contributed by atoms with Crippen molar-refractivity contribution in [2.45, 2.75) is 38.5 Å². The van der Waals surface area contributed by atoms with Crippen LogP contribution in [0.25, 0.3) is 0 Å². The van der Waals surface area contributed by atoms with Crippen molar-refractivity contribution in [3.63, 3.8) is 0 Å². The summed E-state index contributed by atoms with van der Waals surface area (Å²) in [5.74, 6) is 0.117. The van der Waals surface area contributed by atoms with Gasteiger partial charge in [0.15, 0.2) is 0 Å². The molecule has 1 amide bonds. The van der Waals surface area contributed by atoms with Gasteiger partial charge in [-0.25, -0.2) is 0 Å². The molecular formula is C19H28N2O3. The minimum Gasteiger partial charge on any atom is -0.381 e. The zero-order chi connectivity index (χ0) is 16.8. The summed E-state index contributed by atoms with van der Waals surface area (Å²) in [5, 5.41) is 3.19. The average molecular weight is 332 g/mol. The number of rotatable bonds is 6. The molecule has 2 aliphatic heterocycles. The van der Waals surface area contributed by atoms with E-state index < -0.39 is 0 Å². The number of benzene rings is 1. The average Bonchev–Trinajstić information content (AvgIpc) is 3.15. The minimum absolute atomic E-state index is 0.00284. The number of morpholine rings is 1. The molecule has 0 aliphatic carbocycles. The third-order valence-electron chi connectivity index (χ3n) is 4.94. The Balaban J connectivity index is 1.54. The number of nitrogens with zero attached hydrogens (tertiary/aromatic N) is 1. The molecular weight excluding hydrogens is 304 g/mol. The van der Waals surface area contributed by atoms with Crippen LogP contribution >= 0.6 is 0 Å². The maximum Gasteiger partial charge on any atom is 0.225 e. The van der Waals surface area contributed by atoms with Gasteiger partial charge in [0, 0.05) is 26.2 Å². The predicted molar refractivity (Wildman–Crippen MR) is 92.6 cm³/mol. The Hall–Kier alpha value is -1.43. The smallest absolute Gasteiger partial charge is 0.225 e. The zero-order valence-corrected chi connectivity index (χ0v) is 14.4. The van der Waals surface area contributed by atoms with Crippen LogP contribution in [0.1, 0.15) is 25.3 Å². The van der Waals surface area contributed by atoms with Gasteiger partial charge in [0.1, 0.15) is 0 Å². The summed E-state index contributed by atoms with van der Waals surface area (Å²) in [6, 6.07) is 10.6. The number of hydrogen-bond donors (Lipinski definition) is 1. The van der Waals surface area contributed by atoms with Crippen molar-refractivity contribution < 1.29 is 14.3 Å². The summed E-state index contributed by atoms with van der Waals surface area (Å²) in [5.41, 5.74) is 1.32. The molecule has 1 N–H and O–H groups in total. The normalized spacial score (nSPS) is 26.2. The first-order valence-corrected chi connectivity index (χ1v) is 9.02. The highest BCUT2D eigenvalue weighted by Gasteiger charge is 2.31. The van der Waals surface area contributed by atoms with Gasteiger partial charge in [-0.05, 0) is 18.4 Å². The molecule has 2 fully saturated rings. The first-order chi connectivity index (χ1) is 11.8. The van der Waals surface area contributed by atoms with Gasteiger partial charge in [0.05, 0.1) is 31.3 Å². The SMILES string of the molecule is CC[C@H](NC(=O)[C@@H]1CCOC1)[C@@H]1CN(Cc2ccccc2)CCO1. The van der Waals surface area contributed by atoms with Crippen molar-refractivity contribution in [1.82, 2.24) is 10.2 Å². The molecule has 3 rings (SSSR count). The maximum absolute atomic E-state index is 12.4. The van der Waals surface area contributed by atoms with Crippen LogP contribution in [0.4, 0.5) is 0 Å². The molecule has 0 saturated carbocycles. The molecule has 5 heteroatoms. The van der Waals surface area contributed by atoms with Crippen LogP contribution in [-0.2, 0) is 20.8 Å². The van der Waals surface area contributed by atoms with E-state index in [2.05, 4.69) is 41.4 Å². The minimum atomic E-state index is 0.00284. The molecule has 0 radical (unpaired) electrons. The van der Waals surface area contributed by atoms with Gasteiger partial charge >= 0.3 is 0 Å². The van der Waals surface area contributed by atoms with Gasteiger partial charge in [0.2, 0.25) is 5.91 Å². The van der Waals surface area contributed by atoms with Crippen LogP contribution in [0.3, 0.4) is 0 Å². The summed E-state index contributed by atoms with van der Waals surface area (Å²) in [4.78, 5) is 14.8. The second-order valence-electron chi connectivity index (χ2n) is 6.71. The van der Waals surface area contributed by atoms with E-state index in [4.69, 9.17) is 9.47 Å². The molecule has 2 saturated heterocycles. The fourth-order valence-electron chi connectivity index (χ4n) is 3.46. The van der Waals surface area contributed by atoms with E-state index >= 15 is 0 Å². The van der Waals surface area contributed by atoms with Gasteiger partial charge < -0.3 is 14.8 Å². The molecule has 2 heterocycles. The van der Waals surface area contributed by atoms with Crippen molar-refractivity contribution >= 4 is 5.91 Å². The maximum atomic E-state index is 12.4. The number of ether oxygens (including phenoxy) is 2. The predicted octanol–water partition coefficient (Wildman–Crippen LogP) is 1.82. The number of carbonyl (C=O) groups excluding carboxylic acids is 1. The molecule has 0 unspecified atom stereocenters. The van der Waals surface area contributed by atoms with Gasteiger partial charge in [-0.2, -0.15) is 0 Å². The van der Waals surface area contributed by atoms with Crippen LogP contribution in [0, 0.1) is 5.92 Å². The molecule has 1 aromatic rings. The number of carbonyl (C=O) groups is 1. The highest BCUT2D eigenvalue weighted by atomic mass is 16.5. The zero-order valence-electron chi connectivity index (χ0n) is 14.4. The van der Waals surface area contributed by atoms with Crippen molar-refractivity contribution in [1.29, 1.82) is 0 Å². The van der Waals surface area contributed by atoms with E-state index in [1.807, 2.05) is 6.07 Å². The lowest BCUT2D eigenvalue weighted by atomic mass is 10.0. The fraction of sp³-hybridized carbons (Fsp3) is 0.632. The summed E-state index contributed by atoms with van der Waals surface area (Å²) < 4.78 is 11.3. The van der Waals surface area contributed by atoms with Gasteiger partial charge in [-0.3, -0.25) is 9.69 Å². The topological polar surface area (TPSA) is 50.8 Å². The first-order valence-electron chi connectivity index (χ1n) is 9.02. The van der Waals surface area contributed by atoms with E-state index in [0.29, 0.717) is 13.2 Å². The fourth-order valence-corrected chi connectivity index (χ4v) is 3.46. The highest BCUT2D eigenvalue weighted by Crippen LogP contribution is 2.17. The Bertz CT molecular complexity index is 517. The Morgan fingerprint density at radius 1 is 1.33 bits per heavy atom. The van der Waals surface area contributed by atoms with Crippen molar-refractivity contribution in [2.24, 2.45) is 5.92 Å². The molecule has 132 valence electrons. The summed E-state index contributed by atoms with van der Waals surface area (Å²) in [6.07, 6.45) is 1.76. The Morgan fingerprint density at radius 3 is 2.88 bits per heavy atom. The molecule has 0 bridgehead atoms. The summed E-state index contributed by atoms with van der Waals surface area (Å²) >= 11 is 0. The number of amides is 1.